The van der Waals surface area contributed by atoms with Gasteiger partial charge in [-0.15, -0.1) is 0 Å². The molecule has 0 unspecified atom stereocenters. The molecule has 110 valence electrons. The van der Waals surface area contributed by atoms with Crippen LogP contribution < -0.4 is 0 Å². The Morgan fingerprint density at radius 3 is 2.41 bits per heavy atom. The van der Waals surface area contributed by atoms with E-state index in [1.54, 1.807) is 24.3 Å². The molecule has 0 saturated carbocycles. The maximum Gasteiger partial charge on any atom is 0.171 e. The molecule has 0 saturated heterocycles. The third-order valence-corrected chi connectivity index (χ3v) is 3.88. The first-order valence-corrected chi connectivity index (χ1v) is 7.25. The van der Waals surface area contributed by atoms with Crippen LogP contribution in [0.15, 0.2) is 48.5 Å². The molecule has 0 atom stereocenters. The standard InChI is InChI=1S/C18H13ClO3/c19-13-3-1-11(2-4-13)7-12-8-14(20)5-6-16(12)17-9-15(21)10-18(17)22/h1-6,8-9,20H,7,10H2. The molecule has 3 nitrogen and oxygen atoms in total. The number of phenols is 1. The molecule has 2 aromatic carbocycles. The Kier molecular flexibility index (Phi) is 3.82. The van der Waals surface area contributed by atoms with E-state index < -0.39 is 0 Å². The summed E-state index contributed by atoms with van der Waals surface area (Å²) in [6, 6.07) is 12.2. The van der Waals surface area contributed by atoms with Gasteiger partial charge in [0.2, 0.25) is 0 Å². The first-order chi connectivity index (χ1) is 10.5. The molecule has 1 aliphatic rings. The number of carbonyl (C=O) groups is 2. The monoisotopic (exact) mass is 312 g/mol. The normalized spacial score (nSPS) is 14.3. The van der Waals surface area contributed by atoms with Crippen LogP contribution in [0.1, 0.15) is 23.1 Å². The topological polar surface area (TPSA) is 54.4 Å². The van der Waals surface area contributed by atoms with Gasteiger partial charge in [-0.1, -0.05) is 29.8 Å². The van der Waals surface area contributed by atoms with E-state index in [2.05, 4.69) is 0 Å². The van der Waals surface area contributed by atoms with Gasteiger partial charge in [-0.2, -0.15) is 0 Å². The molecule has 0 fully saturated rings. The van der Waals surface area contributed by atoms with Crippen molar-refractivity contribution >= 4 is 28.7 Å². The number of allylic oxidation sites excluding steroid dienone is 2. The van der Waals surface area contributed by atoms with E-state index in [4.69, 9.17) is 11.6 Å². The fourth-order valence-electron chi connectivity index (χ4n) is 2.59. The van der Waals surface area contributed by atoms with Gasteiger partial charge in [0.1, 0.15) is 5.75 Å². The summed E-state index contributed by atoms with van der Waals surface area (Å²) in [5, 5.41) is 10.4. The van der Waals surface area contributed by atoms with Gasteiger partial charge in [0.05, 0.1) is 6.42 Å². The molecule has 1 N–H and O–H groups in total. The highest BCUT2D eigenvalue weighted by molar-refractivity contribution is 6.36. The van der Waals surface area contributed by atoms with Crippen molar-refractivity contribution in [2.24, 2.45) is 0 Å². The summed E-state index contributed by atoms with van der Waals surface area (Å²) in [7, 11) is 0. The number of rotatable bonds is 3. The molecule has 0 heterocycles. The van der Waals surface area contributed by atoms with Crippen LogP contribution in [0.2, 0.25) is 5.02 Å². The molecule has 2 aromatic rings. The number of carbonyl (C=O) groups excluding carboxylic acids is 2. The van der Waals surface area contributed by atoms with Crippen molar-refractivity contribution in [2.75, 3.05) is 0 Å². The lowest BCUT2D eigenvalue weighted by molar-refractivity contribution is -0.120. The Labute approximate surface area is 132 Å². The summed E-state index contributed by atoms with van der Waals surface area (Å²) in [4.78, 5) is 23.4. The van der Waals surface area contributed by atoms with E-state index in [0.717, 1.165) is 11.1 Å². The van der Waals surface area contributed by atoms with Crippen molar-refractivity contribution in [1.29, 1.82) is 0 Å². The number of benzene rings is 2. The lowest BCUT2D eigenvalue weighted by Gasteiger charge is -2.11. The van der Waals surface area contributed by atoms with Crippen LogP contribution in [-0.2, 0) is 16.0 Å². The van der Waals surface area contributed by atoms with Gasteiger partial charge in [-0.05, 0) is 53.5 Å². The van der Waals surface area contributed by atoms with E-state index in [0.29, 0.717) is 22.6 Å². The van der Waals surface area contributed by atoms with Gasteiger partial charge in [-0.25, -0.2) is 0 Å². The Hall–Kier alpha value is -2.39. The molecular weight excluding hydrogens is 300 g/mol. The molecule has 0 aliphatic heterocycles. The number of ketones is 2. The molecule has 0 aromatic heterocycles. The number of phenolic OH excluding ortho intramolecular Hbond substituents is 1. The van der Waals surface area contributed by atoms with E-state index in [-0.39, 0.29) is 23.7 Å². The largest absolute Gasteiger partial charge is 0.508 e. The fourth-order valence-corrected chi connectivity index (χ4v) is 2.71. The lowest BCUT2D eigenvalue weighted by Crippen LogP contribution is -2.01. The van der Waals surface area contributed by atoms with Crippen LogP contribution in [0.3, 0.4) is 0 Å². The number of hydrogen-bond donors (Lipinski definition) is 1. The minimum absolute atomic E-state index is 0.0728. The predicted octanol–water partition coefficient (Wildman–Crippen LogP) is 3.56. The maximum absolute atomic E-state index is 12.0. The fraction of sp³-hybridized carbons (Fsp3) is 0.111. The molecule has 1 aliphatic carbocycles. The smallest absolute Gasteiger partial charge is 0.171 e. The second-order valence-electron chi connectivity index (χ2n) is 5.27. The zero-order chi connectivity index (χ0) is 15.7. The number of aromatic hydroxyl groups is 1. The predicted molar refractivity (Wildman–Crippen MR) is 85.0 cm³/mol. The summed E-state index contributed by atoms with van der Waals surface area (Å²) in [6.45, 7) is 0. The van der Waals surface area contributed by atoms with Gasteiger partial charge in [0.15, 0.2) is 11.6 Å². The highest BCUT2D eigenvalue weighted by Crippen LogP contribution is 2.30. The zero-order valence-electron chi connectivity index (χ0n) is 11.7. The first-order valence-electron chi connectivity index (χ1n) is 6.87. The summed E-state index contributed by atoms with van der Waals surface area (Å²) in [5.41, 5.74) is 2.93. The van der Waals surface area contributed by atoms with Crippen LogP contribution >= 0.6 is 11.6 Å². The third kappa shape index (κ3) is 2.95. The van der Waals surface area contributed by atoms with E-state index in [1.807, 2.05) is 12.1 Å². The van der Waals surface area contributed by atoms with Crippen molar-refractivity contribution in [1.82, 2.24) is 0 Å². The number of Topliss-reactive ketones (excluding diaryl/α,β-unsaturated/α-hetero) is 1. The van der Waals surface area contributed by atoms with Gasteiger partial charge in [0, 0.05) is 10.6 Å². The Balaban J connectivity index is 2.01. The average molecular weight is 313 g/mol. The lowest BCUT2D eigenvalue weighted by atomic mass is 9.94. The molecule has 0 amide bonds. The molecule has 0 spiro atoms. The summed E-state index contributed by atoms with van der Waals surface area (Å²) < 4.78 is 0. The first kappa shape index (κ1) is 14.5. The van der Waals surface area contributed by atoms with Crippen LogP contribution in [-0.4, -0.2) is 16.7 Å². The second kappa shape index (κ2) is 5.78. The average Bonchev–Trinajstić information content (AvgIpc) is 2.80. The highest BCUT2D eigenvalue weighted by Gasteiger charge is 2.24. The quantitative estimate of drug-likeness (QED) is 0.882. The van der Waals surface area contributed by atoms with E-state index in [9.17, 15) is 14.7 Å². The Morgan fingerprint density at radius 2 is 1.77 bits per heavy atom. The van der Waals surface area contributed by atoms with Crippen LogP contribution in [0, 0.1) is 0 Å². The second-order valence-corrected chi connectivity index (χ2v) is 5.71. The van der Waals surface area contributed by atoms with Crippen molar-refractivity contribution in [3.05, 3.63) is 70.3 Å². The molecule has 0 bridgehead atoms. The van der Waals surface area contributed by atoms with Crippen molar-refractivity contribution in [3.8, 4) is 5.75 Å². The Morgan fingerprint density at radius 1 is 1.05 bits per heavy atom. The van der Waals surface area contributed by atoms with Crippen LogP contribution in [0.4, 0.5) is 0 Å². The van der Waals surface area contributed by atoms with Crippen molar-refractivity contribution < 1.29 is 14.7 Å². The SMILES string of the molecule is O=C1C=C(c2ccc(O)cc2Cc2ccc(Cl)cc2)C(=O)C1. The summed E-state index contributed by atoms with van der Waals surface area (Å²) >= 11 is 5.88. The van der Waals surface area contributed by atoms with Gasteiger partial charge in [-0.3, -0.25) is 9.59 Å². The molecule has 3 rings (SSSR count). The maximum atomic E-state index is 12.0. The van der Waals surface area contributed by atoms with Crippen LogP contribution in [0.5, 0.6) is 5.75 Å². The third-order valence-electron chi connectivity index (χ3n) is 3.63. The van der Waals surface area contributed by atoms with Gasteiger partial charge in [0.25, 0.3) is 0 Å². The molecule has 4 heteroatoms. The minimum atomic E-state index is -0.175. The van der Waals surface area contributed by atoms with E-state index >= 15 is 0 Å². The van der Waals surface area contributed by atoms with E-state index in [1.165, 1.54) is 12.1 Å². The number of hydrogen-bond acceptors (Lipinski definition) is 3. The molecular formula is C18H13ClO3. The van der Waals surface area contributed by atoms with Crippen LogP contribution in [0.25, 0.3) is 5.57 Å². The number of halogens is 1. The summed E-state index contributed by atoms with van der Waals surface area (Å²) in [6.07, 6.45) is 1.86. The van der Waals surface area contributed by atoms with Gasteiger partial charge >= 0.3 is 0 Å². The van der Waals surface area contributed by atoms with Crippen molar-refractivity contribution in [3.63, 3.8) is 0 Å². The minimum Gasteiger partial charge on any atom is -0.508 e. The Bertz CT molecular complexity index is 788. The molecule has 0 radical (unpaired) electrons. The van der Waals surface area contributed by atoms with Crippen molar-refractivity contribution in [2.45, 2.75) is 12.8 Å². The highest BCUT2D eigenvalue weighted by atomic mass is 35.5. The zero-order valence-corrected chi connectivity index (χ0v) is 12.4. The molecule has 22 heavy (non-hydrogen) atoms. The van der Waals surface area contributed by atoms with Gasteiger partial charge < -0.3 is 5.11 Å². The summed E-state index contributed by atoms with van der Waals surface area (Å²) in [5.74, 6) is -0.219.